The number of carbonyl (C=O) groups is 1. The van der Waals surface area contributed by atoms with E-state index in [2.05, 4.69) is 47.8 Å². The van der Waals surface area contributed by atoms with Crippen molar-refractivity contribution in [2.24, 2.45) is 5.92 Å². The van der Waals surface area contributed by atoms with Gasteiger partial charge in [0.05, 0.1) is 12.6 Å². The second-order valence-corrected chi connectivity index (χ2v) is 8.98. The number of nitrogens with one attached hydrogen (secondary N) is 1. The van der Waals surface area contributed by atoms with Crippen LogP contribution >= 0.6 is 0 Å². The number of aryl methyl sites for hydroxylation is 1. The van der Waals surface area contributed by atoms with Crippen LogP contribution in [0.2, 0.25) is 0 Å². The van der Waals surface area contributed by atoms with E-state index in [-0.39, 0.29) is 23.7 Å². The number of nitrogens with zero attached hydrogens (tertiary/aromatic N) is 4. The fourth-order valence-electron chi connectivity index (χ4n) is 3.86. The molecule has 1 fully saturated rings. The van der Waals surface area contributed by atoms with Gasteiger partial charge in [0, 0.05) is 43.9 Å². The van der Waals surface area contributed by atoms with E-state index in [0.717, 1.165) is 49.1 Å². The largest absolute Gasteiger partial charge is 0.354 e. The molecule has 1 aromatic heterocycles. The molecule has 1 saturated heterocycles. The molecule has 1 atom stereocenters. The van der Waals surface area contributed by atoms with Gasteiger partial charge in [-0.15, -0.1) is 0 Å². The van der Waals surface area contributed by atoms with Crippen LogP contribution in [0.4, 0.5) is 10.2 Å². The summed E-state index contributed by atoms with van der Waals surface area (Å²) in [6, 6.07) is 8.27. The van der Waals surface area contributed by atoms with Gasteiger partial charge in [0.1, 0.15) is 17.5 Å². The molecule has 1 N–H and O–H groups in total. The Morgan fingerprint density at radius 2 is 1.71 bits per heavy atom. The highest BCUT2D eigenvalue weighted by atomic mass is 19.1. The van der Waals surface area contributed by atoms with E-state index < -0.39 is 0 Å². The van der Waals surface area contributed by atoms with Gasteiger partial charge in [-0.25, -0.2) is 14.4 Å². The summed E-state index contributed by atoms with van der Waals surface area (Å²) >= 11 is 0. The number of piperazine rings is 1. The number of benzene rings is 1. The maximum absolute atomic E-state index is 13.3. The average Bonchev–Trinajstić information content (AvgIpc) is 2.72. The van der Waals surface area contributed by atoms with Gasteiger partial charge < -0.3 is 10.2 Å². The first-order valence-corrected chi connectivity index (χ1v) is 11.1. The van der Waals surface area contributed by atoms with Crippen LogP contribution in [0.25, 0.3) is 0 Å². The summed E-state index contributed by atoms with van der Waals surface area (Å²) in [6.07, 6.45) is 0. The number of hydrogen-bond acceptors (Lipinski definition) is 5. The van der Waals surface area contributed by atoms with Crippen molar-refractivity contribution in [2.75, 3.05) is 37.6 Å². The molecule has 31 heavy (non-hydrogen) atoms. The third kappa shape index (κ3) is 6.23. The molecule has 3 rings (SSSR count). The van der Waals surface area contributed by atoms with Gasteiger partial charge in [-0.1, -0.05) is 39.8 Å². The Morgan fingerprint density at radius 3 is 2.29 bits per heavy atom. The lowest BCUT2D eigenvalue weighted by Gasteiger charge is -2.35. The van der Waals surface area contributed by atoms with Crippen molar-refractivity contribution in [3.8, 4) is 0 Å². The molecule has 2 aromatic rings. The maximum atomic E-state index is 13.3. The molecular weight excluding hydrogens is 393 g/mol. The van der Waals surface area contributed by atoms with Crippen molar-refractivity contribution in [3.63, 3.8) is 0 Å². The second-order valence-electron chi connectivity index (χ2n) is 8.98. The monoisotopic (exact) mass is 427 g/mol. The topological polar surface area (TPSA) is 61.4 Å². The first-order valence-electron chi connectivity index (χ1n) is 11.1. The highest BCUT2D eigenvalue weighted by molar-refractivity contribution is 5.78. The third-order valence-corrected chi connectivity index (χ3v) is 5.65. The highest BCUT2D eigenvalue weighted by Gasteiger charge is 2.23. The van der Waals surface area contributed by atoms with Gasteiger partial charge in [0.25, 0.3) is 0 Å². The van der Waals surface area contributed by atoms with Crippen LogP contribution in [0.15, 0.2) is 30.3 Å². The molecule has 1 amide bonds. The van der Waals surface area contributed by atoms with E-state index in [1.807, 2.05) is 13.0 Å². The SMILES string of the molecule is Cc1cc(N2CCN(CC(=O)NC(c3ccc(F)cc3)C(C)C)CC2)nc(C(C)C)n1. The number of hydrogen-bond donors (Lipinski definition) is 1. The van der Waals surface area contributed by atoms with E-state index in [0.29, 0.717) is 12.5 Å². The number of halogens is 1. The van der Waals surface area contributed by atoms with Gasteiger partial charge in [-0.2, -0.15) is 0 Å². The van der Waals surface area contributed by atoms with Crippen molar-refractivity contribution < 1.29 is 9.18 Å². The predicted octanol–water partition coefficient (Wildman–Crippen LogP) is 3.68. The fourth-order valence-corrected chi connectivity index (χ4v) is 3.86. The lowest BCUT2D eigenvalue weighted by Crippen LogP contribution is -2.50. The molecule has 1 aliphatic rings. The lowest BCUT2D eigenvalue weighted by molar-refractivity contribution is -0.123. The van der Waals surface area contributed by atoms with Crippen LogP contribution in [0.3, 0.4) is 0 Å². The Kier molecular flexibility index (Phi) is 7.59. The Hall–Kier alpha value is -2.54. The second kappa shape index (κ2) is 10.2. The normalized spacial score (nSPS) is 16.1. The van der Waals surface area contributed by atoms with Gasteiger partial charge in [-0.05, 0) is 30.5 Å². The van der Waals surface area contributed by atoms with Crippen molar-refractivity contribution in [1.82, 2.24) is 20.2 Å². The van der Waals surface area contributed by atoms with Gasteiger partial charge in [0.15, 0.2) is 0 Å². The Balaban J connectivity index is 1.55. The molecule has 0 bridgehead atoms. The van der Waals surface area contributed by atoms with Crippen LogP contribution in [-0.2, 0) is 4.79 Å². The number of amides is 1. The molecule has 2 heterocycles. The summed E-state index contributed by atoms with van der Waals surface area (Å²) in [5.74, 6) is 2.07. The molecule has 0 saturated carbocycles. The molecular formula is C24H34FN5O. The fraction of sp³-hybridized carbons (Fsp3) is 0.542. The molecule has 168 valence electrons. The Morgan fingerprint density at radius 1 is 1.06 bits per heavy atom. The molecule has 0 radical (unpaired) electrons. The van der Waals surface area contributed by atoms with Crippen molar-refractivity contribution >= 4 is 11.7 Å². The zero-order valence-electron chi connectivity index (χ0n) is 19.2. The van der Waals surface area contributed by atoms with E-state index >= 15 is 0 Å². The van der Waals surface area contributed by atoms with Gasteiger partial charge in [0.2, 0.25) is 5.91 Å². The molecule has 0 aliphatic carbocycles. The summed E-state index contributed by atoms with van der Waals surface area (Å²) in [4.78, 5) is 26.4. The number of rotatable bonds is 7. The molecule has 1 aromatic carbocycles. The number of aromatic nitrogens is 2. The smallest absolute Gasteiger partial charge is 0.234 e. The van der Waals surface area contributed by atoms with E-state index in [1.54, 1.807) is 12.1 Å². The van der Waals surface area contributed by atoms with Crippen molar-refractivity contribution in [3.05, 3.63) is 53.2 Å². The zero-order chi connectivity index (χ0) is 22.5. The van der Waals surface area contributed by atoms with E-state index in [9.17, 15) is 9.18 Å². The van der Waals surface area contributed by atoms with Crippen LogP contribution in [0, 0.1) is 18.7 Å². The molecule has 6 nitrogen and oxygen atoms in total. The molecule has 1 aliphatic heterocycles. The van der Waals surface area contributed by atoms with Crippen LogP contribution in [0.1, 0.15) is 56.7 Å². The van der Waals surface area contributed by atoms with Gasteiger partial charge in [-0.3, -0.25) is 9.69 Å². The summed E-state index contributed by atoms with van der Waals surface area (Å²) in [7, 11) is 0. The van der Waals surface area contributed by atoms with Crippen LogP contribution < -0.4 is 10.2 Å². The summed E-state index contributed by atoms with van der Waals surface area (Å²) in [5.41, 5.74) is 1.91. The Labute approximate surface area is 184 Å². The van der Waals surface area contributed by atoms with Crippen molar-refractivity contribution in [2.45, 2.75) is 46.6 Å². The lowest BCUT2D eigenvalue weighted by atomic mass is 9.96. The van der Waals surface area contributed by atoms with E-state index in [1.165, 1.54) is 12.1 Å². The predicted molar refractivity (Wildman–Crippen MR) is 122 cm³/mol. The first kappa shape index (κ1) is 23.1. The maximum Gasteiger partial charge on any atom is 0.234 e. The molecule has 7 heteroatoms. The first-order chi connectivity index (χ1) is 14.7. The van der Waals surface area contributed by atoms with Crippen molar-refractivity contribution in [1.29, 1.82) is 0 Å². The minimum Gasteiger partial charge on any atom is -0.354 e. The minimum atomic E-state index is -0.269. The third-order valence-electron chi connectivity index (χ3n) is 5.65. The Bertz CT molecular complexity index is 876. The minimum absolute atomic E-state index is 0.00329. The average molecular weight is 428 g/mol. The summed E-state index contributed by atoms with van der Waals surface area (Å²) < 4.78 is 13.3. The number of carbonyl (C=O) groups excluding carboxylic acids is 1. The zero-order valence-corrected chi connectivity index (χ0v) is 19.2. The van der Waals surface area contributed by atoms with Crippen LogP contribution in [-0.4, -0.2) is 53.5 Å². The quantitative estimate of drug-likeness (QED) is 0.730. The molecule has 0 spiro atoms. The van der Waals surface area contributed by atoms with Crippen LogP contribution in [0.5, 0.6) is 0 Å². The highest BCUT2D eigenvalue weighted by Crippen LogP contribution is 2.22. The standard InChI is InChI=1S/C24H34FN5O/c1-16(2)23(19-6-8-20(25)9-7-19)28-22(31)15-29-10-12-30(13-11-29)21-14-18(5)26-24(27-21)17(3)4/h6-9,14,16-17,23H,10-13,15H2,1-5H3,(H,28,31). The van der Waals surface area contributed by atoms with E-state index in [4.69, 9.17) is 4.98 Å². The number of anilines is 1. The van der Waals surface area contributed by atoms with Gasteiger partial charge >= 0.3 is 0 Å². The molecule has 1 unspecified atom stereocenters. The summed E-state index contributed by atoms with van der Waals surface area (Å²) in [6.45, 7) is 13.9. The summed E-state index contributed by atoms with van der Waals surface area (Å²) in [5, 5.41) is 3.13.